The van der Waals surface area contributed by atoms with Crippen LogP contribution in [0, 0.1) is 17.1 Å². The van der Waals surface area contributed by atoms with Crippen LogP contribution in [0.25, 0.3) is 0 Å². The van der Waals surface area contributed by atoms with Gasteiger partial charge in [-0.3, -0.25) is 9.78 Å². The van der Waals surface area contributed by atoms with E-state index in [0.29, 0.717) is 6.42 Å². The van der Waals surface area contributed by atoms with E-state index in [4.69, 9.17) is 33.2 Å². The zero-order valence-electron chi connectivity index (χ0n) is 13.8. The number of benzene rings is 1. The van der Waals surface area contributed by atoms with Crippen molar-refractivity contribution >= 4 is 23.2 Å². The zero-order valence-corrected chi connectivity index (χ0v) is 15.3. The lowest BCUT2D eigenvalue weighted by Gasteiger charge is -2.12. The number of hydrogen-bond donors (Lipinski definition) is 1. The molecule has 0 unspecified atom stereocenters. The molecule has 0 bridgehead atoms. The molecule has 3 aromatic rings. The summed E-state index contributed by atoms with van der Waals surface area (Å²) in [7, 11) is 0. The van der Waals surface area contributed by atoms with E-state index in [9.17, 15) is 9.18 Å². The van der Waals surface area contributed by atoms with Crippen molar-refractivity contribution in [3.63, 3.8) is 0 Å². The van der Waals surface area contributed by atoms with Crippen LogP contribution < -0.4 is 10.3 Å². The first-order valence-electron chi connectivity index (χ1n) is 7.85. The Labute approximate surface area is 164 Å². The quantitative estimate of drug-likeness (QED) is 0.671. The number of pyridine rings is 2. The average molecular weight is 404 g/mol. The highest BCUT2D eigenvalue weighted by Gasteiger charge is 2.19. The molecule has 136 valence electrons. The maximum atomic E-state index is 14.9. The van der Waals surface area contributed by atoms with Crippen LogP contribution in [0.4, 0.5) is 4.39 Å². The van der Waals surface area contributed by atoms with Crippen LogP contribution in [0.1, 0.15) is 16.8 Å². The molecule has 2 heterocycles. The van der Waals surface area contributed by atoms with Crippen LogP contribution in [0.15, 0.2) is 47.5 Å². The molecule has 0 amide bonds. The van der Waals surface area contributed by atoms with Crippen molar-refractivity contribution in [1.29, 1.82) is 5.26 Å². The molecule has 27 heavy (non-hydrogen) atoms. The Kier molecular flexibility index (Phi) is 5.75. The summed E-state index contributed by atoms with van der Waals surface area (Å²) >= 11 is 11.9. The first-order chi connectivity index (χ1) is 13.0. The van der Waals surface area contributed by atoms with Gasteiger partial charge in [-0.15, -0.1) is 0 Å². The standard InChI is InChI=1S/C19H12Cl2FN3O2/c20-13-7-12(10-23)8-14(9-13)27-18-16(21)19(26)25-15(17(18)22)2-1-11-3-5-24-6-4-11/h3-9H,1-2H2,(H,25,26). The van der Waals surface area contributed by atoms with E-state index in [-0.39, 0.29) is 28.5 Å². The third-order valence-electron chi connectivity index (χ3n) is 3.76. The maximum absolute atomic E-state index is 14.9. The van der Waals surface area contributed by atoms with Crippen LogP contribution in [0.3, 0.4) is 0 Å². The van der Waals surface area contributed by atoms with E-state index in [1.54, 1.807) is 24.5 Å². The Morgan fingerprint density at radius 3 is 2.63 bits per heavy atom. The van der Waals surface area contributed by atoms with E-state index in [1.165, 1.54) is 18.2 Å². The van der Waals surface area contributed by atoms with Crippen molar-refractivity contribution in [2.24, 2.45) is 0 Å². The Bertz CT molecular complexity index is 1080. The van der Waals surface area contributed by atoms with Gasteiger partial charge in [0.1, 0.15) is 5.75 Å². The summed E-state index contributed by atoms with van der Waals surface area (Å²) in [5.74, 6) is -1.08. The highest BCUT2D eigenvalue weighted by molar-refractivity contribution is 6.32. The number of aromatic nitrogens is 2. The molecule has 0 aliphatic heterocycles. The molecule has 3 rings (SSSR count). The van der Waals surface area contributed by atoms with Crippen molar-refractivity contribution in [3.8, 4) is 17.6 Å². The minimum Gasteiger partial charge on any atom is -0.452 e. The van der Waals surface area contributed by atoms with Crippen LogP contribution in [-0.4, -0.2) is 9.97 Å². The molecule has 5 nitrogen and oxygen atoms in total. The molecule has 0 radical (unpaired) electrons. The monoisotopic (exact) mass is 403 g/mol. The molecule has 0 aliphatic rings. The molecule has 0 atom stereocenters. The maximum Gasteiger partial charge on any atom is 0.270 e. The molecule has 0 fully saturated rings. The topological polar surface area (TPSA) is 78.8 Å². The molecule has 2 aromatic heterocycles. The molecule has 1 aromatic carbocycles. The normalized spacial score (nSPS) is 10.4. The molecule has 8 heteroatoms. The molecule has 1 N–H and O–H groups in total. The summed E-state index contributed by atoms with van der Waals surface area (Å²) in [4.78, 5) is 18.4. The zero-order chi connectivity index (χ0) is 19.4. The number of ether oxygens (including phenoxy) is 1. The Morgan fingerprint density at radius 1 is 1.19 bits per heavy atom. The van der Waals surface area contributed by atoms with Gasteiger partial charge in [-0.1, -0.05) is 23.2 Å². The third-order valence-corrected chi connectivity index (χ3v) is 4.32. The first-order valence-corrected chi connectivity index (χ1v) is 8.61. The van der Waals surface area contributed by atoms with E-state index >= 15 is 0 Å². The lowest BCUT2D eigenvalue weighted by Crippen LogP contribution is -2.14. The molecule has 0 spiro atoms. The molecule has 0 saturated heterocycles. The number of aromatic amines is 1. The molecular formula is C19H12Cl2FN3O2. The minimum absolute atomic E-state index is 0.0683. The number of H-pyrrole nitrogens is 1. The minimum atomic E-state index is -0.771. The van der Waals surface area contributed by atoms with Gasteiger partial charge in [0.05, 0.1) is 17.3 Å². The predicted octanol–water partition coefficient (Wildman–Crippen LogP) is 4.66. The SMILES string of the molecule is N#Cc1cc(Cl)cc(Oc2c(F)c(CCc3ccncc3)[nH]c(=O)c2Cl)c1. The van der Waals surface area contributed by atoms with Gasteiger partial charge in [0.25, 0.3) is 5.56 Å². The van der Waals surface area contributed by atoms with Gasteiger partial charge in [-0.05, 0) is 48.7 Å². The summed E-state index contributed by atoms with van der Waals surface area (Å²) in [5.41, 5.74) is 0.576. The van der Waals surface area contributed by atoms with E-state index in [2.05, 4.69) is 9.97 Å². The Balaban J connectivity index is 1.93. The first kappa shape index (κ1) is 18.9. The fourth-order valence-electron chi connectivity index (χ4n) is 2.47. The second-order valence-electron chi connectivity index (χ2n) is 5.63. The van der Waals surface area contributed by atoms with E-state index in [0.717, 1.165) is 5.56 Å². The molecule has 0 saturated carbocycles. The molecule has 0 aliphatic carbocycles. The van der Waals surface area contributed by atoms with Crippen molar-refractivity contribution in [2.45, 2.75) is 12.8 Å². The van der Waals surface area contributed by atoms with Crippen LogP contribution in [0.2, 0.25) is 10.0 Å². The second-order valence-corrected chi connectivity index (χ2v) is 6.45. The summed E-state index contributed by atoms with van der Waals surface area (Å²) < 4.78 is 20.4. The van der Waals surface area contributed by atoms with Gasteiger partial charge in [0.2, 0.25) is 0 Å². The van der Waals surface area contributed by atoms with Gasteiger partial charge in [-0.25, -0.2) is 4.39 Å². The lowest BCUT2D eigenvalue weighted by atomic mass is 10.1. The number of halogens is 3. The third kappa shape index (κ3) is 4.45. The number of hydrogen-bond acceptors (Lipinski definition) is 4. The van der Waals surface area contributed by atoms with E-state index in [1.807, 2.05) is 6.07 Å². The summed E-state index contributed by atoms with van der Waals surface area (Å²) in [6, 6.07) is 9.74. The van der Waals surface area contributed by atoms with Gasteiger partial charge >= 0.3 is 0 Å². The lowest BCUT2D eigenvalue weighted by molar-refractivity contribution is 0.434. The summed E-state index contributed by atoms with van der Waals surface area (Å²) in [5, 5.41) is 8.83. The van der Waals surface area contributed by atoms with Gasteiger partial charge in [-0.2, -0.15) is 5.26 Å². The number of aryl methyl sites for hydroxylation is 2. The largest absolute Gasteiger partial charge is 0.452 e. The van der Waals surface area contributed by atoms with Crippen molar-refractivity contribution in [2.75, 3.05) is 0 Å². The van der Waals surface area contributed by atoms with Crippen molar-refractivity contribution in [1.82, 2.24) is 9.97 Å². The Morgan fingerprint density at radius 2 is 1.93 bits per heavy atom. The Hall–Kier alpha value is -2.88. The van der Waals surface area contributed by atoms with Crippen LogP contribution in [0.5, 0.6) is 11.5 Å². The van der Waals surface area contributed by atoms with E-state index < -0.39 is 22.1 Å². The van der Waals surface area contributed by atoms with Crippen molar-refractivity contribution < 1.29 is 9.13 Å². The smallest absolute Gasteiger partial charge is 0.270 e. The van der Waals surface area contributed by atoms with Crippen LogP contribution >= 0.6 is 23.2 Å². The predicted molar refractivity (Wildman–Crippen MR) is 99.9 cm³/mol. The van der Waals surface area contributed by atoms with Crippen LogP contribution in [-0.2, 0) is 12.8 Å². The molecular weight excluding hydrogens is 392 g/mol. The van der Waals surface area contributed by atoms with Crippen molar-refractivity contribution in [3.05, 3.63) is 85.8 Å². The summed E-state index contributed by atoms with van der Waals surface area (Å²) in [6.07, 6.45) is 4.00. The highest BCUT2D eigenvalue weighted by Crippen LogP contribution is 2.32. The number of nitrogens with one attached hydrogen (secondary N) is 1. The number of rotatable bonds is 5. The fraction of sp³-hybridized carbons (Fsp3) is 0.105. The number of nitrogens with zero attached hydrogens (tertiary/aromatic N) is 2. The average Bonchev–Trinajstić information content (AvgIpc) is 2.67. The highest BCUT2D eigenvalue weighted by atomic mass is 35.5. The fourth-order valence-corrected chi connectivity index (χ4v) is 2.86. The second kappa shape index (κ2) is 8.21. The van der Waals surface area contributed by atoms with Gasteiger partial charge < -0.3 is 9.72 Å². The summed E-state index contributed by atoms with van der Waals surface area (Å²) in [6.45, 7) is 0. The van der Waals surface area contributed by atoms with Gasteiger partial charge in [0.15, 0.2) is 16.6 Å². The number of nitriles is 1. The van der Waals surface area contributed by atoms with Gasteiger partial charge in [0, 0.05) is 17.4 Å².